The molecule has 0 aromatic rings. The van der Waals surface area contributed by atoms with Gasteiger partial charge in [0, 0.05) is 0 Å². The topological polar surface area (TPSA) is 52.6 Å². The fourth-order valence-electron chi connectivity index (χ4n) is 1.01. The normalized spacial score (nSPS) is 13.2. The minimum absolute atomic E-state index is 0.241. The first-order valence-electron chi connectivity index (χ1n) is 6.04. The van der Waals surface area contributed by atoms with Gasteiger partial charge in [0.25, 0.3) is 0 Å². The molecular formula is C12H19F3O4. The molecule has 1 atom stereocenters. The Morgan fingerprint density at radius 3 is 2.05 bits per heavy atom. The SMILES string of the molecule is CC(C)CCOC(=O)CCC(=O)OC(C)C(F)(F)F. The van der Waals surface area contributed by atoms with Gasteiger partial charge in [-0.05, 0) is 19.3 Å². The molecule has 112 valence electrons. The highest BCUT2D eigenvalue weighted by atomic mass is 19.4. The fraction of sp³-hybridized carbons (Fsp3) is 0.833. The van der Waals surface area contributed by atoms with E-state index in [9.17, 15) is 22.8 Å². The number of hydrogen-bond acceptors (Lipinski definition) is 4. The maximum atomic E-state index is 12.1. The summed E-state index contributed by atoms with van der Waals surface area (Å²) in [5, 5.41) is 0. The third kappa shape index (κ3) is 9.32. The molecule has 0 aliphatic heterocycles. The third-order valence-corrected chi connectivity index (χ3v) is 2.26. The molecule has 4 nitrogen and oxygen atoms in total. The summed E-state index contributed by atoms with van der Waals surface area (Å²) < 4.78 is 45.2. The standard InChI is InChI=1S/C12H19F3O4/c1-8(2)6-7-18-10(16)4-5-11(17)19-9(3)12(13,14)15/h8-9H,4-7H2,1-3H3. The molecule has 0 fully saturated rings. The molecule has 0 heterocycles. The molecule has 0 spiro atoms. The van der Waals surface area contributed by atoms with E-state index >= 15 is 0 Å². The van der Waals surface area contributed by atoms with E-state index in [2.05, 4.69) is 4.74 Å². The van der Waals surface area contributed by atoms with Gasteiger partial charge in [-0.3, -0.25) is 9.59 Å². The predicted molar refractivity (Wildman–Crippen MR) is 61.3 cm³/mol. The predicted octanol–water partition coefficient (Wildman–Crippen LogP) is 2.85. The molecule has 7 heteroatoms. The van der Waals surface area contributed by atoms with Gasteiger partial charge in [0.15, 0.2) is 6.10 Å². The zero-order valence-corrected chi connectivity index (χ0v) is 11.3. The van der Waals surface area contributed by atoms with Crippen LogP contribution in [0, 0.1) is 5.92 Å². The van der Waals surface area contributed by atoms with Crippen LogP contribution in [0.4, 0.5) is 13.2 Å². The van der Waals surface area contributed by atoms with Crippen molar-refractivity contribution in [3.63, 3.8) is 0 Å². The van der Waals surface area contributed by atoms with E-state index in [1.54, 1.807) is 0 Å². The van der Waals surface area contributed by atoms with E-state index in [1.165, 1.54) is 0 Å². The average molecular weight is 284 g/mol. The van der Waals surface area contributed by atoms with Crippen molar-refractivity contribution < 1.29 is 32.2 Å². The molecule has 0 saturated carbocycles. The highest BCUT2D eigenvalue weighted by molar-refractivity contribution is 5.77. The van der Waals surface area contributed by atoms with E-state index in [4.69, 9.17) is 4.74 Å². The monoisotopic (exact) mass is 284 g/mol. The summed E-state index contributed by atoms with van der Waals surface area (Å²) in [5.41, 5.74) is 0. The molecule has 0 aromatic heterocycles. The van der Waals surface area contributed by atoms with Crippen molar-refractivity contribution >= 4 is 11.9 Å². The van der Waals surface area contributed by atoms with Gasteiger partial charge in [0.1, 0.15) is 0 Å². The summed E-state index contributed by atoms with van der Waals surface area (Å²) >= 11 is 0. The summed E-state index contributed by atoms with van der Waals surface area (Å²) in [6, 6.07) is 0. The first kappa shape index (κ1) is 17.7. The molecule has 0 aliphatic carbocycles. The van der Waals surface area contributed by atoms with Gasteiger partial charge in [-0.25, -0.2) is 0 Å². The van der Waals surface area contributed by atoms with E-state index in [1.807, 2.05) is 13.8 Å². The van der Waals surface area contributed by atoms with Gasteiger partial charge in [-0.2, -0.15) is 13.2 Å². The molecule has 19 heavy (non-hydrogen) atoms. The Kier molecular flexibility index (Phi) is 7.48. The van der Waals surface area contributed by atoms with E-state index in [-0.39, 0.29) is 13.0 Å². The van der Waals surface area contributed by atoms with Crippen molar-refractivity contribution in [2.45, 2.75) is 52.3 Å². The maximum Gasteiger partial charge on any atom is 0.425 e. The van der Waals surface area contributed by atoms with Crippen molar-refractivity contribution in [1.82, 2.24) is 0 Å². The number of rotatable bonds is 7. The van der Waals surface area contributed by atoms with Crippen LogP contribution in [-0.4, -0.2) is 30.8 Å². The molecule has 0 rings (SSSR count). The van der Waals surface area contributed by atoms with Crippen molar-refractivity contribution in [3.8, 4) is 0 Å². The second-order valence-corrected chi connectivity index (χ2v) is 4.58. The fourth-order valence-corrected chi connectivity index (χ4v) is 1.01. The number of hydrogen-bond donors (Lipinski definition) is 0. The lowest BCUT2D eigenvalue weighted by Crippen LogP contribution is -2.31. The molecule has 0 bridgehead atoms. The lowest BCUT2D eigenvalue weighted by atomic mass is 10.1. The zero-order valence-electron chi connectivity index (χ0n) is 11.3. The number of carbonyl (C=O) groups is 2. The van der Waals surface area contributed by atoms with Gasteiger partial charge >= 0.3 is 18.1 Å². The Bertz CT molecular complexity index is 300. The Morgan fingerprint density at radius 1 is 1.05 bits per heavy atom. The van der Waals surface area contributed by atoms with Crippen LogP contribution < -0.4 is 0 Å². The molecule has 0 amide bonds. The molecule has 1 unspecified atom stereocenters. The highest BCUT2D eigenvalue weighted by Gasteiger charge is 2.39. The summed E-state index contributed by atoms with van der Waals surface area (Å²) in [6.45, 7) is 4.90. The van der Waals surface area contributed by atoms with Crippen LogP contribution in [0.15, 0.2) is 0 Å². The molecule has 0 N–H and O–H groups in total. The molecular weight excluding hydrogens is 265 g/mol. The third-order valence-electron chi connectivity index (χ3n) is 2.26. The molecule has 0 radical (unpaired) electrons. The van der Waals surface area contributed by atoms with Crippen LogP contribution >= 0.6 is 0 Å². The first-order chi connectivity index (χ1) is 8.62. The molecule has 0 aliphatic rings. The minimum Gasteiger partial charge on any atom is -0.466 e. The Hall–Kier alpha value is -1.27. The van der Waals surface area contributed by atoms with Crippen LogP contribution in [0.5, 0.6) is 0 Å². The average Bonchev–Trinajstić information content (AvgIpc) is 2.24. The Labute approximate surface area is 110 Å². The van der Waals surface area contributed by atoms with Crippen LogP contribution in [0.25, 0.3) is 0 Å². The second-order valence-electron chi connectivity index (χ2n) is 4.58. The zero-order chi connectivity index (χ0) is 15.1. The van der Waals surface area contributed by atoms with Crippen LogP contribution in [0.2, 0.25) is 0 Å². The van der Waals surface area contributed by atoms with E-state index in [0.29, 0.717) is 12.3 Å². The highest BCUT2D eigenvalue weighted by Crippen LogP contribution is 2.22. The van der Waals surface area contributed by atoms with Gasteiger partial charge in [0.05, 0.1) is 19.4 Å². The van der Waals surface area contributed by atoms with E-state index in [0.717, 1.165) is 6.92 Å². The quantitative estimate of drug-likeness (QED) is 0.675. The van der Waals surface area contributed by atoms with Gasteiger partial charge < -0.3 is 9.47 Å². The molecule has 0 aromatic carbocycles. The van der Waals surface area contributed by atoms with Gasteiger partial charge in [-0.15, -0.1) is 0 Å². The van der Waals surface area contributed by atoms with Crippen molar-refractivity contribution in [3.05, 3.63) is 0 Å². The van der Waals surface area contributed by atoms with Gasteiger partial charge in [-0.1, -0.05) is 13.8 Å². The summed E-state index contributed by atoms with van der Waals surface area (Å²) in [4.78, 5) is 22.2. The number of alkyl halides is 3. The minimum atomic E-state index is -4.59. The second kappa shape index (κ2) is 8.01. The van der Waals surface area contributed by atoms with Crippen molar-refractivity contribution in [2.75, 3.05) is 6.61 Å². The van der Waals surface area contributed by atoms with Crippen LogP contribution in [0.1, 0.15) is 40.0 Å². The molecule has 0 saturated heterocycles. The Balaban J connectivity index is 3.82. The van der Waals surface area contributed by atoms with Crippen molar-refractivity contribution in [2.24, 2.45) is 5.92 Å². The number of esters is 2. The summed E-state index contributed by atoms with van der Waals surface area (Å²) in [5.74, 6) is -1.30. The maximum absolute atomic E-state index is 12.1. The number of ether oxygens (including phenoxy) is 2. The summed E-state index contributed by atoms with van der Waals surface area (Å²) in [7, 11) is 0. The van der Waals surface area contributed by atoms with Crippen molar-refractivity contribution in [1.29, 1.82) is 0 Å². The number of halogens is 3. The number of carbonyl (C=O) groups excluding carboxylic acids is 2. The lowest BCUT2D eigenvalue weighted by molar-refractivity contribution is -0.216. The van der Waals surface area contributed by atoms with Gasteiger partial charge in [0.2, 0.25) is 0 Å². The van der Waals surface area contributed by atoms with Crippen LogP contribution in [0.3, 0.4) is 0 Å². The smallest absolute Gasteiger partial charge is 0.425 e. The lowest BCUT2D eigenvalue weighted by Gasteiger charge is -2.16. The largest absolute Gasteiger partial charge is 0.466 e. The summed E-state index contributed by atoms with van der Waals surface area (Å²) in [6.07, 6.45) is -6.76. The first-order valence-corrected chi connectivity index (χ1v) is 6.04. The Morgan fingerprint density at radius 2 is 1.58 bits per heavy atom. The van der Waals surface area contributed by atoms with E-state index < -0.39 is 30.6 Å². The van der Waals surface area contributed by atoms with Crippen LogP contribution in [-0.2, 0) is 19.1 Å².